The molecule has 0 aliphatic rings. The molecule has 0 saturated carbocycles. The average molecular weight is 366 g/mol. The van der Waals surface area contributed by atoms with Gasteiger partial charge in [-0.05, 0) is 43.2 Å². The van der Waals surface area contributed by atoms with Crippen molar-refractivity contribution in [2.75, 3.05) is 11.1 Å². The van der Waals surface area contributed by atoms with Gasteiger partial charge in [0.15, 0.2) is 5.16 Å². The number of carbonyl (C=O) groups excluding carboxylic acids is 1. The number of hydrogen-bond acceptors (Lipinski definition) is 4. The van der Waals surface area contributed by atoms with Gasteiger partial charge in [-0.1, -0.05) is 49.0 Å². The molecule has 1 N–H and O–H groups in total. The summed E-state index contributed by atoms with van der Waals surface area (Å²) < 4.78 is 2.01. The highest BCUT2D eigenvalue weighted by Crippen LogP contribution is 2.23. The van der Waals surface area contributed by atoms with Crippen molar-refractivity contribution in [2.45, 2.75) is 32.3 Å². The maximum atomic E-state index is 12.4. The maximum Gasteiger partial charge on any atom is 0.234 e. The lowest BCUT2D eigenvalue weighted by atomic mass is 10.1. The highest BCUT2D eigenvalue weighted by atomic mass is 32.2. The summed E-state index contributed by atoms with van der Waals surface area (Å²) in [5.74, 6) is 1.11. The molecule has 0 spiro atoms. The quantitative estimate of drug-likeness (QED) is 0.665. The van der Waals surface area contributed by atoms with Crippen LogP contribution in [0.25, 0.3) is 5.69 Å². The molecule has 134 valence electrons. The van der Waals surface area contributed by atoms with E-state index in [9.17, 15) is 4.79 Å². The van der Waals surface area contributed by atoms with Crippen LogP contribution in [-0.4, -0.2) is 26.4 Å². The Labute approximate surface area is 157 Å². The second-order valence-corrected chi connectivity index (χ2v) is 7.02. The second kappa shape index (κ2) is 8.19. The summed E-state index contributed by atoms with van der Waals surface area (Å²) in [6, 6.07) is 16.0. The van der Waals surface area contributed by atoms with Crippen LogP contribution in [0.15, 0.2) is 53.7 Å². The summed E-state index contributed by atoms with van der Waals surface area (Å²) >= 11 is 1.39. The number of para-hydroxylation sites is 1. The first-order chi connectivity index (χ1) is 12.6. The number of benzene rings is 2. The van der Waals surface area contributed by atoms with E-state index in [1.54, 1.807) is 0 Å². The van der Waals surface area contributed by atoms with E-state index in [1.807, 2.05) is 73.9 Å². The molecule has 1 aromatic heterocycles. The van der Waals surface area contributed by atoms with E-state index >= 15 is 0 Å². The number of nitrogens with zero attached hydrogens (tertiary/aromatic N) is 3. The normalized spacial score (nSPS) is 10.7. The summed E-state index contributed by atoms with van der Waals surface area (Å²) in [4.78, 5) is 12.4. The number of aryl methyl sites for hydroxylation is 3. The van der Waals surface area contributed by atoms with Crippen LogP contribution in [0.1, 0.15) is 23.9 Å². The Balaban J connectivity index is 1.73. The molecular weight excluding hydrogens is 344 g/mol. The largest absolute Gasteiger partial charge is 0.325 e. The van der Waals surface area contributed by atoms with E-state index < -0.39 is 0 Å². The minimum atomic E-state index is -0.0515. The predicted octanol–water partition coefficient (Wildman–Crippen LogP) is 4.18. The number of carbonyl (C=O) groups is 1. The third-order valence-electron chi connectivity index (χ3n) is 4.03. The molecule has 0 fully saturated rings. The molecule has 0 atom stereocenters. The SMILES string of the molecule is CCc1nnc(SCC(=O)Nc2cc(C)ccc2C)n1-c1ccccc1. The average Bonchev–Trinajstić information content (AvgIpc) is 3.07. The lowest BCUT2D eigenvalue weighted by molar-refractivity contribution is -0.113. The fraction of sp³-hybridized carbons (Fsp3) is 0.250. The Hall–Kier alpha value is -2.60. The van der Waals surface area contributed by atoms with E-state index in [-0.39, 0.29) is 11.7 Å². The minimum absolute atomic E-state index is 0.0515. The highest BCUT2D eigenvalue weighted by molar-refractivity contribution is 7.99. The van der Waals surface area contributed by atoms with Crippen molar-refractivity contribution in [2.24, 2.45) is 0 Å². The van der Waals surface area contributed by atoms with Crippen LogP contribution in [0.3, 0.4) is 0 Å². The number of nitrogens with one attached hydrogen (secondary N) is 1. The molecule has 26 heavy (non-hydrogen) atoms. The van der Waals surface area contributed by atoms with E-state index in [4.69, 9.17) is 0 Å². The molecule has 1 amide bonds. The lowest BCUT2D eigenvalue weighted by Gasteiger charge is -2.10. The monoisotopic (exact) mass is 366 g/mol. The third kappa shape index (κ3) is 4.14. The standard InChI is InChI=1S/C20H22N4OS/c1-4-18-22-23-20(24(18)16-8-6-5-7-9-16)26-13-19(25)21-17-12-14(2)10-11-15(17)3/h5-12H,4,13H2,1-3H3,(H,21,25). The molecular formula is C20H22N4OS. The second-order valence-electron chi connectivity index (χ2n) is 6.08. The van der Waals surface area contributed by atoms with Crippen LogP contribution in [-0.2, 0) is 11.2 Å². The molecule has 0 aliphatic carbocycles. The molecule has 1 heterocycles. The zero-order valence-corrected chi connectivity index (χ0v) is 16.0. The molecule has 3 rings (SSSR count). The number of rotatable bonds is 6. The number of thioether (sulfide) groups is 1. The van der Waals surface area contributed by atoms with E-state index in [1.165, 1.54) is 11.8 Å². The van der Waals surface area contributed by atoms with Crippen molar-refractivity contribution in [1.29, 1.82) is 0 Å². The molecule has 3 aromatic rings. The summed E-state index contributed by atoms with van der Waals surface area (Å²) in [6.07, 6.45) is 0.775. The molecule has 6 heteroatoms. The van der Waals surface area contributed by atoms with E-state index in [0.29, 0.717) is 0 Å². The van der Waals surface area contributed by atoms with Crippen molar-refractivity contribution in [3.05, 3.63) is 65.5 Å². The van der Waals surface area contributed by atoms with Gasteiger partial charge in [0.25, 0.3) is 0 Å². The molecule has 0 radical (unpaired) electrons. The summed E-state index contributed by atoms with van der Waals surface area (Å²) in [7, 11) is 0. The van der Waals surface area contributed by atoms with Crippen molar-refractivity contribution in [3.8, 4) is 5.69 Å². The smallest absolute Gasteiger partial charge is 0.234 e. The van der Waals surface area contributed by atoms with Crippen LogP contribution in [0, 0.1) is 13.8 Å². The van der Waals surface area contributed by atoms with Gasteiger partial charge in [-0.3, -0.25) is 9.36 Å². The fourth-order valence-electron chi connectivity index (χ4n) is 2.65. The lowest BCUT2D eigenvalue weighted by Crippen LogP contribution is -2.15. The Morgan fingerprint density at radius 2 is 1.88 bits per heavy atom. The predicted molar refractivity (Wildman–Crippen MR) is 106 cm³/mol. The van der Waals surface area contributed by atoms with Crippen LogP contribution in [0.5, 0.6) is 0 Å². The van der Waals surface area contributed by atoms with Crippen molar-refractivity contribution in [3.63, 3.8) is 0 Å². The van der Waals surface area contributed by atoms with Gasteiger partial charge in [0.2, 0.25) is 5.91 Å². The van der Waals surface area contributed by atoms with Crippen LogP contribution < -0.4 is 5.32 Å². The molecule has 5 nitrogen and oxygen atoms in total. The fourth-order valence-corrected chi connectivity index (χ4v) is 3.42. The molecule has 0 saturated heterocycles. The highest BCUT2D eigenvalue weighted by Gasteiger charge is 2.15. The van der Waals surface area contributed by atoms with Gasteiger partial charge in [-0.2, -0.15) is 0 Å². The van der Waals surface area contributed by atoms with Crippen molar-refractivity contribution in [1.82, 2.24) is 14.8 Å². The Morgan fingerprint density at radius 3 is 2.62 bits per heavy atom. The van der Waals surface area contributed by atoms with E-state index in [2.05, 4.69) is 15.5 Å². The zero-order valence-electron chi connectivity index (χ0n) is 15.2. The van der Waals surface area contributed by atoms with Gasteiger partial charge in [-0.25, -0.2) is 0 Å². The zero-order chi connectivity index (χ0) is 18.5. The Kier molecular flexibility index (Phi) is 5.73. The molecule has 0 bridgehead atoms. The van der Waals surface area contributed by atoms with Crippen LogP contribution in [0.2, 0.25) is 0 Å². The van der Waals surface area contributed by atoms with Crippen LogP contribution >= 0.6 is 11.8 Å². The van der Waals surface area contributed by atoms with Gasteiger partial charge in [0.05, 0.1) is 5.75 Å². The first kappa shape index (κ1) is 18.2. The first-order valence-electron chi connectivity index (χ1n) is 8.58. The number of anilines is 1. The van der Waals surface area contributed by atoms with Gasteiger partial charge in [-0.15, -0.1) is 10.2 Å². The number of aromatic nitrogens is 3. The number of hydrogen-bond donors (Lipinski definition) is 1. The summed E-state index contributed by atoms with van der Waals surface area (Å²) in [5.41, 5.74) is 4.03. The summed E-state index contributed by atoms with van der Waals surface area (Å²) in [5, 5.41) is 12.2. The van der Waals surface area contributed by atoms with Crippen molar-refractivity contribution < 1.29 is 4.79 Å². The first-order valence-corrected chi connectivity index (χ1v) is 9.56. The summed E-state index contributed by atoms with van der Waals surface area (Å²) in [6.45, 7) is 6.05. The van der Waals surface area contributed by atoms with Crippen molar-refractivity contribution >= 4 is 23.4 Å². The maximum absolute atomic E-state index is 12.4. The van der Waals surface area contributed by atoms with Gasteiger partial charge in [0, 0.05) is 17.8 Å². The Bertz CT molecular complexity index is 905. The third-order valence-corrected chi connectivity index (χ3v) is 4.96. The molecule has 0 aliphatic heterocycles. The Morgan fingerprint density at radius 1 is 1.12 bits per heavy atom. The topological polar surface area (TPSA) is 59.8 Å². The van der Waals surface area contributed by atoms with Crippen LogP contribution in [0.4, 0.5) is 5.69 Å². The van der Waals surface area contributed by atoms with E-state index in [0.717, 1.165) is 39.9 Å². The minimum Gasteiger partial charge on any atom is -0.325 e. The van der Waals surface area contributed by atoms with Gasteiger partial charge >= 0.3 is 0 Å². The van der Waals surface area contributed by atoms with Gasteiger partial charge in [0.1, 0.15) is 5.82 Å². The molecule has 2 aromatic carbocycles. The molecule has 0 unspecified atom stereocenters. The number of amides is 1. The van der Waals surface area contributed by atoms with Gasteiger partial charge < -0.3 is 5.32 Å².